The lowest BCUT2D eigenvalue weighted by molar-refractivity contribution is -0.0282. The summed E-state index contributed by atoms with van der Waals surface area (Å²) in [6.45, 7) is 4.64. The summed E-state index contributed by atoms with van der Waals surface area (Å²) in [4.78, 5) is 39.8. The second kappa shape index (κ2) is 9.27. The number of rotatable bonds is 4. The number of piperazine rings is 1. The number of likely N-dealkylation sites (tertiary alicyclic amines) is 1. The van der Waals surface area contributed by atoms with E-state index in [0.717, 1.165) is 37.6 Å². The molecule has 0 aliphatic carbocycles. The van der Waals surface area contributed by atoms with Gasteiger partial charge in [0.2, 0.25) is 0 Å². The van der Waals surface area contributed by atoms with Crippen LogP contribution in [0.1, 0.15) is 12.8 Å². The van der Waals surface area contributed by atoms with Crippen LogP contribution in [0.2, 0.25) is 0 Å². The number of carbonyl (C=O) groups is 1. The number of pyridine rings is 1. The summed E-state index contributed by atoms with van der Waals surface area (Å²) in [7, 11) is 3.42. The van der Waals surface area contributed by atoms with Crippen LogP contribution in [0.4, 0.5) is 10.5 Å². The zero-order chi connectivity index (χ0) is 24.6. The minimum Gasteiger partial charge on any atom is -0.388 e. The molecule has 0 unspecified atom stereocenters. The van der Waals surface area contributed by atoms with Gasteiger partial charge in [-0.2, -0.15) is 5.10 Å². The summed E-state index contributed by atoms with van der Waals surface area (Å²) in [5.74, 6) is 0. The number of urea groups is 1. The predicted molar refractivity (Wildman–Crippen MR) is 131 cm³/mol. The molecule has 2 aliphatic heterocycles. The quantitative estimate of drug-likeness (QED) is 0.529. The molecule has 35 heavy (non-hydrogen) atoms. The number of aromatic nitrogens is 5. The van der Waals surface area contributed by atoms with E-state index in [4.69, 9.17) is 0 Å². The Balaban J connectivity index is 1.36. The van der Waals surface area contributed by atoms with E-state index in [1.54, 1.807) is 29.9 Å². The van der Waals surface area contributed by atoms with Crippen LogP contribution in [0.5, 0.6) is 0 Å². The van der Waals surface area contributed by atoms with Gasteiger partial charge in [0.05, 0.1) is 42.1 Å². The summed E-state index contributed by atoms with van der Waals surface area (Å²) in [5.41, 5.74) is 0.843. The average Bonchev–Trinajstić information content (AvgIpc) is 3.31. The first kappa shape index (κ1) is 23.2. The van der Waals surface area contributed by atoms with E-state index in [-0.39, 0.29) is 18.1 Å². The molecule has 12 heteroatoms. The van der Waals surface area contributed by atoms with Crippen molar-refractivity contribution in [2.75, 3.05) is 58.3 Å². The zero-order valence-electron chi connectivity index (χ0n) is 20.1. The summed E-state index contributed by atoms with van der Waals surface area (Å²) in [5, 5.41) is 19.3. The van der Waals surface area contributed by atoms with Gasteiger partial charge in [-0.1, -0.05) is 0 Å². The molecule has 0 radical (unpaired) electrons. The zero-order valence-corrected chi connectivity index (χ0v) is 20.1. The third-order valence-electron chi connectivity index (χ3n) is 6.80. The Kier molecular flexibility index (Phi) is 6.15. The van der Waals surface area contributed by atoms with E-state index in [2.05, 4.69) is 25.3 Å². The number of aliphatic hydroxyl groups is 1. The Morgan fingerprint density at radius 1 is 1.11 bits per heavy atom. The van der Waals surface area contributed by atoms with Crippen molar-refractivity contribution in [1.82, 2.24) is 39.4 Å². The van der Waals surface area contributed by atoms with Gasteiger partial charge >= 0.3 is 6.03 Å². The smallest absolute Gasteiger partial charge is 0.319 e. The van der Waals surface area contributed by atoms with Crippen LogP contribution in [0.15, 0.2) is 35.8 Å². The van der Waals surface area contributed by atoms with Gasteiger partial charge < -0.3 is 25.1 Å². The van der Waals surface area contributed by atoms with Gasteiger partial charge in [0.25, 0.3) is 5.56 Å². The van der Waals surface area contributed by atoms with Crippen LogP contribution in [-0.2, 0) is 6.54 Å². The van der Waals surface area contributed by atoms with E-state index < -0.39 is 5.60 Å². The molecule has 5 heterocycles. The SMILES string of the molecule is CN(C)C(=O)N1CCC(O)(Cn2cnc3c(cnn3-c3cncc(N4CCNCC4)c3)c2=O)CC1. The third kappa shape index (κ3) is 4.58. The van der Waals surface area contributed by atoms with Crippen molar-refractivity contribution in [2.45, 2.75) is 25.0 Å². The van der Waals surface area contributed by atoms with Crippen LogP contribution in [0, 0.1) is 0 Å². The molecule has 2 N–H and O–H groups in total. The van der Waals surface area contributed by atoms with Gasteiger partial charge in [0.1, 0.15) is 11.7 Å². The van der Waals surface area contributed by atoms with Crippen LogP contribution in [0.3, 0.4) is 0 Å². The largest absolute Gasteiger partial charge is 0.388 e. The number of nitrogens with zero attached hydrogens (tertiary/aromatic N) is 8. The van der Waals surface area contributed by atoms with E-state index in [1.807, 2.05) is 12.3 Å². The van der Waals surface area contributed by atoms with Crippen LogP contribution in [0.25, 0.3) is 16.7 Å². The Labute approximate surface area is 202 Å². The number of fused-ring (bicyclic) bond motifs is 1. The second-order valence-corrected chi connectivity index (χ2v) is 9.50. The minimum absolute atomic E-state index is 0.0739. The van der Waals surface area contributed by atoms with Crippen LogP contribution >= 0.6 is 0 Å². The van der Waals surface area contributed by atoms with Gasteiger partial charge in [0.15, 0.2) is 5.65 Å². The number of hydrogen-bond acceptors (Lipinski definition) is 8. The highest BCUT2D eigenvalue weighted by Gasteiger charge is 2.35. The highest BCUT2D eigenvalue weighted by atomic mass is 16.3. The Bertz CT molecular complexity index is 1270. The fraction of sp³-hybridized carbons (Fsp3) is 0.522. The first-order chi connectivity index (χ1) is 16.8. The monoisotopic (exact) mass is 481 g/mol. The fourth-order valence-electron chi connectivity index (χ4n) is 4.75. The van der Waals surface area contributed by atoms with Crippen molar-refractivity contribution < 1.29 is 9.90 Å². The Morgan fingerprint density at radius 3 is 2.54 bits per heavy atom. The average molecular weight is 482 g/mol. The number of anilines is 1. The number of hydrogen-bond donors (Lipinski definition) is 2. The van der Waals surface area contributed by atoms with Crippen molar-refractivity contribution in [3.05, 3.63) is 41.3 Å². The molecular formula is C23H31N9O3. The number of amides is 2. The molecule has 12 nitrogen and oxygen atoms in total. The number of nitrogens with one attached hydrogen (secondary N) is 1. The Hall–Kier alpha value is -3.51. The van der Waals surface area contributed by atoms with Gasteiger partial charge in [-0.15, -0.1) is 0 Å². The molecule has 5 rings (SSSR count). The van der Waals surface area contributed by atoms with Crippen LogP contribution < -0.4 is 15.8 Å². The molecule has 0 atom stereocenters. The first-order valence-electron chi connectivity index (χ1n) is 11.9. The second-order valence-electron chi connectivity index (χ2n) is 9.50. The fourth-order valence-corrected chi connectivity index (χ4v) is 4.75. The molecule has 3 aromatic heterocycles. The van der Waals surface area contributed by atoms with E-state index in [0.29, 0.717) is 37.0 Å². The maximum atomic E-state index is 13.2. The number of piperidine rings is 1. The maximum absolute atomic E-state index is 13.2. The molecule has 3 aromatic rings. The molecular weight excluding hydrogens is 450 g/mol. The van der Waals surface area contributed by atoms with Gasteiger partial charge in [-0.25, -0.2) is 14.5 Å². The number of carbonyl (C=O) groups excluding carboxylic acids is 1. The molecule has 0 aromatic carbocycles. The molecule has 2 aliphatic rings. The van der Waals surface area contributed by atoms with E-state index >= 15 is 0 Å². The highest BCUT2D eigenvalue weighted by Crippen LogP contribution is 2.25. The normalized spacial score (nSPS) is 18.1. The van der Waals surface area contributed by atoms with Gasteiger partial charge in [0, 0.05) is 53.4 Å². The van der Waals surface area contributed by atoms with E-state index in [1.165, 1.54) is 22.0 Å². The lowest BCUT2D eigenvalue weighted by Gasteiger charge is -2.39. The van der Waals surface area contributed by atoms with Crippen molar-refractivity contribution in [2.24, 2.45) is 0 Å². The molecule has 2 fully saturated rings. The lowest BCUT2D eigenvalue weighted by atomic mass is 9.91. The molecule has 186 valence electrons. The highest BCUT2D eigenvalue weighted by molar-refractivity contribution is 5.75. The molecule has 0 saturated carbocycles. The molecule has 0 bridgehead atoms. The lowest BCUT2D eigenvalue weighted by Crippen LogP contribution is -2.51. The maximum Gasteiger partial charge on any atom is 0.319 e. The Morgan fingerprint density at radius 2 is 1.83 bits per heavy atom. The summed E-state index contributed by atoms with van der Waals surface area (Å²) in [6.07, 6.45) is 7.30. The van der Waals surface area contributed by atoms with Crippen molar-refractivity contribution >= 4 is 22.8 Å². The predicted octanol–water partition coefficient (Wildman–Crippen LogP) is -0.105. The molecule has 2 saturated heterocycles. The topological polar surface area (TPSA) is 125 Å². The van der Waals surface area contributed by atoms with Crippen molar-refractivity contribution in [3.8, 4) is 5.69 Å². The van der Waals surface area contributed by atoms with Gasteiger partial charge in [-0.05, 0) is 18.9 Å². The molecule has 0 spiro atoms. The van der Waals surface area contributed by atoms with Crippen LogP contribution in [-0.4, -0.2) is 104 Å². The third-order valence-corrected chi connectivity index (χ3v) is 6.80. The summed E-state index contributed by atoms with van der Waals surface area (Å²) >= 11 is 0. The van der Waals surface area contributed by atoms with E-state index in [9.17, 15) is 14.7 Å². The summed E-state index contributed by atoms with van der Waals surface area (Å²) in [6, 6.07) is 1.93. The minimum atomic E-state index is -1.08. The first-order valence-corrected chi connectivity index (χ1v) is 11.9. The van der Waals surface area contributed by atoms with Gasteiger partial charge in [-0.3, -0.25) is 14.3 Å². The van der Waals surface area contributed by atoms with Crippen molar-refractivity contribution in [1.29, 1.82) is 0 Å². The standard InChI is InChI=1S/C23H31N9O3/c1-28(2)22(34)30-7-3-23(35,4-8-30)15-31-16-26-20-19(21(31)33)14-27-32(20)18-11-17(12-25-13-18)29-9-5-24-6-10-29/h11-14,16,24,35H,3-10,15H2,1-2H3. The molecule has 2 amide bonds. The summed E-state index contributed by atoms with van der Waals surface area (Å²) < 4.78 is 3.06. The van der Waals surface area contributed by atoms with Crippen molar-refractivity contribution in [3.63, 3.8) is 0 Å².